The summed E-state index contributed by atoms with van der Waals surface area (Å²) in [6.07, 6.45) is 3.80. The van der Waals surface area contributed by atoms with Crippen molar-refractivity contribution in [3.8, 4) is 5.75 Å². The first kappa shape index (κ1) is 17.7. The predicted molar refractivity (Wildman–Crippen MR) is 98.7 cm³/mol. The van der Waals surface area contributed by atoms with Crippen LogP contribution >= 0.6 is 0 Å². The highest BCUT2D eigenvalue weighted by Crippen LogP contribution is 2.29. The normalized spacial score (nSPS) is 16.4. The maximum absolute atomic E-state index is 12.4. The minimum absolute atomic E-state index is 0.118. The zero-order valence-corrected chi connectivity index (χ0v) is 14.4. The molecule has 0 bridgehead atoms. The van der Waals surface area contributed by atoms with E-state index in [9.17, 15) is 14.7 Å². The monoisotopic (exact) mass is 351 g/mol. The first-order valence-electron chi connectivity index (χ1n) is 8.59. The van der Waals surface area contributed by atoms with Crippen LogP contribution in [0.1, 0.15) is 18.4 Å². The number of carboxylic acids is 1. The molecule has 0 spiro atoms. The van der Waals surface area contributed by atoms with Crippen LogP contribution in [-0.2, 0) is 9.59 Å². The number of likely N-dealkylation sites (tertiary alicyclic amines) is 1. The number of hydrogen-bond acceptors (Lipinski definition) is 3. The molecule has 26 heavy (non-hydrogen) atoms. The number of amides is 1. The number of carbonyl (C=O) groups excluding carboxylic acids is 1. The lowest BCUT2D eigenvalue weighted by Crippen LogP contribution is -2.54. The Morgan fingerprint density at radius 2 is 1.54 bits per heavy atom. The van der Waals surface area contributed by atoms with E-state index in [1.807, 2.05) is 36.4 Å². The van der Waals surface area contributed by atoms with Crippen molar-refractivity contribution in [1.29, 1.82) is 0 Å². The first-order chi connectivity index (χ1) is 12.6. The SMILES string of the molecule is O=C(C=Cc1ccccc1)N1CCC(Oc2ccccc2)(C(=O)O)CC1. The lowest BCUT2D eigenvalue weighted by Gasteiger charge is -2.38. The van der Waals surface area contributed by atoms with Gasteiger partial charge < -0.3 is 14.7 Å². The Labute approximate surface area is 152 Å². The summed E-state index contributed by atoms with van der Waals surface area (Å²) < 4.78 is 5.81. The number of carbonyl (C=O) groups is 2. The number of rotatable bonds is 5. The Kier molecular flexibility index (Phi) is 5.37. The van der Waals surface area contributed by atoms with Crippen LogP contribution < -0.4 is 4.74 Å². The fourth-order valence-corrected chi connectivity index (χ4v) is 3.00. The number of aliphatic carboxylic acids is 1. The molecule has 3 rings (SSSR count). The van der Waals surface area contributed by atoms with Gasteiger partial charge in [-0.2, -0.15) is 0 Å². The molecular weight excluding hydrogens is 330 g/mol. The molecule has 1 N–H and O–H groups in total. The minimum Gasteiger partial charge on any atom is -0.478 e. The van der Waals surface area contributed by atoms with Crippen molar-refractivity contribution < 1.29 is 19.4 Å². The molecule has 1 saturated heterocycles. The van der Waals surface area contributed by atoms with Gasteiger partial charge in [0.25, 0.3) is 0 Å². The standard InChI is InChI=1S/C21H21NO4/c23-19(12-11-17-7-3-1-4-8-17)22-15-13-21(14-16-22,20(24)25)26-18-9-5-2-6-10-18/h1-12H,13-16H2,(H,24,25). The number of piperidine rings is 1. The zero-order chi connectivity index (χ0) is 18.4. The summed E-state index contributed by atoms with van der Waals surface area (Å²) in [4.78, 5) is 25.8. The maximum atomic E-state index is 12.4. The van der Waals surface area contributed by atoms with Crippen LogP contribution in [0.25, 0.3) is 6.08 Å². The van der Waals surface area contributed by atoms with E-state index in [-0.39, 0.29) is 18.7 Å². The lowest BCUT2D eigenvalue weighted by molar-refractivity contribution is -0.161. The smallest absolute Gasteiger partial charge is 0.348 e. The highest BCUT2D eigenvalue weighted by molar-refractivity contribution is 5.92. The van der Waals surface area contributed by atoms with Crippen LogP contribution in [0.5, 0.6) is 5.75 Å². The number of nitrogens with zero attached hydrogens (tertiary/aromatic N) is 1. The third-order valence-corrected chi connectivity index (χ3v) is 4.55. The van der Waals surface area contributed by atoms with Crippen LogP contribution in [0.3, 0.4) is 0 Å². The van der Waals surface area contributed by atoms with E-state index in [2.05, 4.69) is 0 Å². The predicted octanol–water partition coefficient (Wildman–Crippen LogP) is 3.22. The molecule has 1 aliphatic rings. The largest absolute Gasteiger partial charge is 0.478 e. The topological polar surface area (TPSA) is 66.8 Å². The van der Waals surface area contributed by atoms with Crippen molar-refractivity contribution in [3.63, 3.8) is 0 Å². The molecule has 2 aromatic rings. The molecular formula is C21H21NO4. The van der Waals surface area contributed by atoms with Crippen LogP contribution in [0.2, 0.25) is 0 Å². The molecule has 5 nitrogen and oxygen atoms in total. The molecule has 5 heteroatoms. The van der Waals surface area contributed by atoms with Gasteiger partial charge in [0, 0.05) is 32.0 Å². The second-order valence-electron chi connectivity index (χ2n) is 6.28. The van der Waals surface area contributed by atoms with Gasteiger partial charge in [-0.25, -0.2) is 4.79 Å². The molecule has 1 amide bonds. The highest BCUT2D eigenvalue weighted by Gasteiger charge is 2.44. The Morgan fingerprint density at radius 3 is 2.12 bits per heavy atom. The van der Waals surface area contributed by atoms with Crippen LogP contribution in [0, 0.1) is 0 Å². The van der Waals surface area contributed by atoms with E-state index in [0.29, 0.717) is 18.8 Å². The van der Waals surface area contributed by atoms with Crippen LogP contribution in [-0.4, -0.2) is 40.6 Å². The summed E-state index contributed by atoms with van der Waals surface area (Å²) in [5.74, 6) is -0.584. The van der Waals surface area contributed by atoms with Gasteiger partial charge in [-0.1, -0.05) is 48.5 Å². The van der Waals surface area contributed by atoms with E-state index in [1.165, 1.54) is 6.08 Å². The molecule has 0 atom stereocenters. The van der Waals surface area contributed by atoms with Crippen molar-refractivity contribution in [2.75, 3.05) is 13.1 Å². The second kappa shape index (κ2) is 7.87. The van der Waals surface area contributed by atoms with Gasteiger partial charge in [0.2, 0.25) is 11.5 Å². The van der Waals surface area contributed by atoms with Crippen molar-refractivity contribution >= 4 is 18.0 Å². The molecule has 1 aliphatic heterocycles. The maximum Gasteiger partial charge on any atom is 0.348 e. The number of hydrogen-bond donors (Lipinski definition) is 1. The van der Waals surface area contributed by atoms with Crippen molar-refractivity contribution in [2.45, 2.75) is 18.4 Å². The van der Waals surface area contributed by atoms with E-state index < -0.39 is 11.6 Å². The fraction of sp³-hybridized carbons (Fsp3) is 0.238. The zero-order valence-electron chi connectivity index (χ0n) is 14.4. The fourth-order valence-electron chi connectivity index (χ4n) is 3.00. The summed E-state index contributed by atoms with van der Waals surface area (Å²) in [6, 6.07) is 18.5. The third kappa shape index (κ3) is 4.11. The van der Waals surface area contributed by atoms with Gasteiger partial charge in [0.05, 0.1) is 0 Å². The van der Waals surface area contributed by atoms with Crippen molar-refractivity contribution in [2.24, 2.45) is 0 Å². The van der Waals surface area contributed by atoms with E-state index in [0.717, 1.165) is 5.56 Å². The van der Waals surface area contributed by atoms with E-state index in [1.54, 1.807) is 35.2 Å². The van der Waals surface area contributed by atoms with E-state index >= 15 is 0 Å². The number of carboxylic acid groups (broad SMARTS) is 1. The molecule has 0 aliphatic carbocycles. The number of ether oxygens (including phenoxy) is 1. The second-order valence-corrected chi connectivity index (χ2v) is 6.28. The van der Waals surface area contributed by atoms with Crippen molar-refractivity contribution in [1.82, 2.24) is 4.90 Å². The van der Waals surface area contributed by atoms with Gasteiger partial charge in [0.15, 0.2) is 0 Å². The number of benzene rings is 2. The lowest BCUT2D eigenvalue weighted by atomic mass is 9.91. The van der Waals surface area contributed by atoms with Gasteiger partial charge >= 0.3 is 5.97 Å². The quantitative estimate of drug-likeness (QED) is 0.840. The van der Waals surface area contributed by atoms with Gasteiger partial charge in [-0.15, -0.1) is 0 Å². The summed E-state index contributed by atoms with van der Waals surface area (Å²) in [5, 5.41) is 9.68. The first-order valence-corrected chi connectivity index (χ1v) is 8.59. The molecule has 1 fully saturated rings. The molecule has 2 aromatic carbocycles. The molecule has 134 valence electrons. The van der Waals surface area contributed by atoms with Gasteiger partial charge in [0.1, 0.15) is 5.75 Å². The molecule has 0 radical (unpaired) electrons. The molecule has 1 heterocycles. The minimum atomic E-state index is -1.29. The van der Waals surface area contributed by atoms with Crippen LogP contribution in [0.15, 0.2) is 66.7 Å². The average molecular weight is 351 g/mol. The summed E-state index contributed by atoms with van der Waals surface area (Å²) in [5.41, 5.74) is -0.341. The Bertz CT molecular complexity index is 778. The summed E-state index contributed by atoms with van der Waals surface area (Å²) in [7, 11) is 0. The van der Waals surface area contributed by atoms with Gasteiger partial charge in [-0.3, -0.25) is 4.79 Å². The van der Waals surface area contributed by atoms with Crippen LogP contribution in [0.4, 0.5) is 0 Å². The Balaban J connectivity index is 1.63. The Morgan fingerprint density at radius 1 is 0.962 bits per heavy atom. The highest BCUT2D eigenvalue weighted by atomic mass is 16.5. The molecule has 0 aromatic heterocycles. The molecule has 0 unspecified atom stereocenters. The number of para-hydroxylation sites is 1. The summed E-state index contributed by atoms with van der Waals surface area (Å²) in [6.45, 7) is 0.689. The average Bonchev–Trinajstić information content (AvgIpc) is 2.68. The molecule has 0 saturated carbocycles. The van der Waals surface area contributed by atoms with Crippen molar-refractivity contribution in [3.05, 3.63) is 72.3 Å². The summed E-state index contributed by atoms with van der Waals surface area (Å²) >= 11 is 0. The third-order valence-electron chi connectivity index (χ3n) is 4.55. The Hall–Kier alpha value is -3.08. The van der Waals surface area contributed by atoms with E-state index in [4.69, 9.17) is 4.74 Å². The van der Waals surface area contributed by atoms with Gasteiger partial charge in [-0.05, 0) is 23.8 Å².